The molecule has 1 atom stereocenters. The van der Waals surface area contributed by atoms with E-state index in [1.807, 2.05) is 4.90 Å². The maximum atomic E-state index is 15.2. The van der Waals surface area contributed by atoms with E-state index in [0.29, 0.717) is 42.4 Å². The van der Waals surface area contributed by atoms with Crippen LogP contribution in [0.15, 0.2) is 82.7 Å². The molecular weight excluding hydrogens is 676 g/mol. The number of rotatable bonds is 8. The first-order valence-electron chi connectivity index (χ1n) is 15.7. The van der Waals surface area contributed by atoms with Crippen LogP contribution in [0.5, 0.6) is 0 Å². The summed E-state index contributed by atoms with van der Waals surface area (Å²) in [5.74, 6) is -0.801. The van der Waals surface area contributed by atoms with Crippen LogP contribution in [0.4, 0.5) is 20.6 Å². The van der Waals surface area contributed by atoms with E-state index in [1.54, 1.807) is 34.5 Å². The van der Waals surface area contributed by atoms with Gasteiger partial charge < -0.3 is 15.5 Å². The zero-order valence-corrected chi connectivity index (χ0v) is 28.1. The Hall–Kier alpha value is -4.67. The summed E-state index contributed by atoms with van der Waals surface area (Å²) >= 11 is 0. The van der Waals surface area contributed by atoms with Gasteiger partial charge in [0, 0.05) is 29.9 Å². The van der Waals surface area contributed by atoms with Crippen molar-refractivity contribution in [1.29, 1.82) is 0 Å². The van der Waals surface area contributed by atoms with Crippen molar-refractivity contribution in [2.75, 3.05) is 36.1 Å². The molecule has 3 aromatic carbocycles. The zero-order valence-electron chi connectivity index (χ0n) is 26.5. The van der Waals surface area contributed by atoms with Gasteiger partial charge in [-0.2, -0.15) is 0 Å². The van der Waals surface area contributed by atoms with Crippen molar-refractivity contribution in [1.82, 2.24) is 14.3 Å². The summed E-state index contributed by atoms with van der Waals surface area (Å²) in [6.45, 7) is 0.880. The molecule has 49 heavy (non-hydrogen) atoms. The maximum absolute atomic E-state index is 15.2. The van der Waals surface area contributed by atoms with Crippen molar-refractivity contribution in [3.63, 3.8) is 0 Å². The molecular formula is C33H35FN6O7S2. The number of sulfonamides is 2. The molecule has 3 fully saturated rings. The number of urea groups is 1. The normalized spacial score (nSPS) is 20.9. The average molecular weight is 711 g/mol. The molecule has 258 valence electrons. The quantitative estimate of drug-likeness (QED) is 0.322. The number of nitrogens with zero attached hydrogens (tertiary/aromatic N) is 3. The molecule has 3 aliphatic heterocycles. The summed E-state index contributed by atoms with van der Waals surface area (Å²) in [5.41, 5.74) is 0.810. The van der Waals surface area contributed by atoms with Crippen molar-refractivity contribution in [2.24, 2.45) is 16.8 Å². The minimum Gasteiger partial charge on any atom is -0.341 e. The highest BCUT2D eigenvalue weighted by atomic mass is 32.3. The van der Waals surface area contributed by atoms with Gasteiger partial charge in [0.15, 0.2) is 0 Å². The van der Waals surface area contributed by atoms with Gasteiger partial charge in [0.2, 0.25) is 22.1 Å². The number of halogens is 1. The van der Waals surface area contributed by atoms with Gasteiger partial charge in [-0.3, -0.25) is 14.5 Å². The number of hydrogen-bond acceptors (Lipinski definition) is 8. The van der Waals surface area contributed by atoms with Gasteiger partial charge in [-0.25, -0.2) is 31.0 Å². The van der Waals surface area contributed by atoms with Crippen LogP contribution in [0.25, 0.3) is 0 Å². The molecule has 7 rings (SSSR count). The van der Waals surface area contributed by atoms with Crippen molar-refractivity contribution in [3.05, 3.63) is 89.7 Å². The average Bonchev–Trinajstić information content (AvgIpc) is 3.43. The minimum atomic E-state index is -4.49. The fourth-order valence-electron chi connectivity index (χ4n) is 6.57. The first-order chi connectivity index (χ1) is 23.3. The standard InChI is InChI=1S/C33H35FN6O7S2/c1-48(44,45)38-49(46,47)24-8-6-7-23(17-24)35-33(43)37-31-32(42)40(20-29(41)39-18-21-13-14-22(19-39)16-15-21)28-12-5-3-10-26(28)30(36-31)25-9-2-4-11-27(25)34/h2-12,17,21-22,31,38H,13-16,18-20H2,1H3,(H2,35,37,43)/t21?,22?,31-/m0/s1. The second-order valence-electron chi connectivity index (χ2n) is 12.5. The highest BCUT2D eigenvalue weighted by molar-refractivity contribution is 8.04. The number of para-hydroxylation sites is 1. The molecule has 0 aromatic heterocycles. The van der Waals surface area contributed by atoms with E-state index in [1.165, 1.54) is 35.2 Å². The van der Waals surface area contributed by atoms with Crippen LogP contribution in [0, 0.1) is 17.7 Å². The van der Waals surface area contributed by atoms with Gasteiger partial charge in [-0.05, 0) is 73.9 Å². The third-order valence-electron chi connectivity index (χ3n) is 8.84. The summed E-state index contributed by atoms with van der Waals surface area (Å²) < 4.78 is 65.0. The van der Waals surface area contributed by atoms with Crippen molar-refractivity contribution < 1.29 is 35.6 Å². The second-order valence-corrected chi connectivity index (χ2v) is 16.2. The van der Waals surface area contributed by atoms with E-state index >= 15 is 4.39 Å². The predicted octanol–water partition coefficient (Wildman–Crippen LogP) is 3.04. The van der Waals surface area contributed by atoms with Gasteiger partial charge in [-0.15, -0.1) is 4.13 Å². The van der Waals surface area contributed by atoms with E-state index in [2.05, 4.69) is 15.6 Å². The van der Waals surface area contributed by atoms with Crippen LogP contribution >= 0.6 is 0 Å². The molecule has 1 saturated carbocycles. The third kappa shape index (κ3) is 7.81. The Kier molecular flexibility index (Phi) is 9.55. The van der Waals surface area contributed by atoms with Crippen LogP contribution < -0.4 is 19.7 Å². The molecule has 4 amide bonds. The number of fused-ring (bicyclic) bond motifs is 5. The number of benzodiazepines with no additional fused rings is 1. The molecule has 3 N–H and O–H groups in total. The van der Waals surface area contributed by atoms with Crippen LogP contribution in [-0.2, 0) is 29.6 Å². The van der Waals surface area contributed by atoms with Gasteiger partial charge in [0.05, 0.1) is 22.6 Å². The second kappa shape index (κ2) is 13.7. The first-order valence-corrected chi connectivity index (χ1v) is 19.1. The summed E-state index contributed by atoms with van der Waals surface area (Å²) in [6.07, 6.45) is 3.29. The van der Waals surface area contributed by atoms with Crippen LogP contribution in [0.2, 0.25) is 0 Å². The Balaban J connectivity index is 1.32. The van der Waals surface area contributed by atoms with E-state index in [0.717, 1.165) is 37.8 Å². The lowest BCUT2D eigenvalue weighted by molar-refractivity contribution is -0.132. The van der Waals surface area contributed by atoms with Gasteiger partial charge in [0.25, 0.3) is 15.9 Å². The maximum Gasteiger partial charge on any atom is 0.321 e. The van der Waals surface area contributed by atoms with Crippen molar-refractivity contribution in [2.45, 2.75) is 36.7 Å². The van der Waals surface area contributed by atoms with Gasteiger partial charge in [0.1, 0.15) is 12.4 Å². The van der Waals surface area contributed by atoms with Gasteiger partial charge >= 0.3 is 6.03 Å². The van der Waals surface area contributed by atoms with Crippen molar-refractivity contribution >= 4 is 55.0 Å². The summed E-state index contributed by atoms with van der Waals surface area (Å²) in [4.78, 5) is 48.6. The molecule has 16 heteroatoms. The molecule has 0 radical (unpaired) electrons. The lowest BCUT2D eigenvalue weighted by Gasteiger charge is -2.29. The molecule has 13 nitrogen and oxygen atoms in total. The Labute approximate surface area is 283 Å². The highest BCUT2D eigenvalue weighted by Gasteiger charge is 2.37. The summed E-state index contributed by atoms with van der Waals surface area (Å²) in [6, 6.07) is 16.4. The largest absolute Gasteiger partial charge is 0.341 e. The fourth-order valence-corrected chi connectivity index (χ4v) is 9.09. The Morgan fingerprint density at radius 3 is 2.16 bits per heavy atom. The highest BCUT2D eigenvalue weighted by Crippen LogP contribution is 2.34. The molecule has 0 unspecified atom stereocenters. The number of nitrogens with one attached hydrogen (secondary N) is 3. The lowest BCUT2D eigenvalue weighted by atomic mass is 9.84. The van der Waals surface area contributed by atoms with E-state index < -0.39 is 48.9 Å². The predicted molar refractivity (Wildman–Crippen MR) is 180 cm³/mol. The van der Waals surface area contributed by atoms with E-state index in [9.17, 15) is 31.2 Å². The van der Waals surface area contributed by atoms with Gasteiger partial charge in [-0.1, -0.05) is 36.4 Å². The lowest BCUT2D eigenvalue weighted by Crippen LogP contribution is -2.51. The fraction of sp³-hybridized carbons (Fsp3) is 0.333. The number of anilines is 2. The molecule has 3 heterocycles. The summed E-state index contributed by atoms with van der Waals surface area (Å²) in [5, 5.41) is 4.93. The number of aliphatic imine (C=N–C) groups is 1. The third-order valence-corrected chi connectivity index (χ3v) is 11.8. The van der Waals surface area contributed by atoms with Crippen LogP contribution in [0.3, 0.4) is 0 Å². The Morgan fingerprint density at radius 1 is 0.878 bits per heavy atom. The van der Waals surface area contributed by atoms with E-state index in [4.69, 9.17) is 0 Å². The number of amides is 4. The Morgan fingerprint density at radius 2 is 1.51 bits per heavy atom. The van der Waals surface area contributed by atoms with E-state index in [-0.39, 0.29) is 29.4 Å². The number of benzene rings is 3. The van der Waals surface area contributed by atoms with Crippen LogP contribution in [0.1, 0.15) is 36.8 Å². The monoisotopic (exact) mass is 710 g/mol. The topological polar surface area (TPSA) is 174 Å². The molecule has 0 spiro atoms. The zero-order chi connectivity index (χ0) is 34.9. The number of hydrogen-bond donors (Lipinski definition) is 3. The number of carbonyl (C=O) groups is 3. The van der Waals surface area contributed by atoms with Crippen LogP contribution in [-0.4, -0.2) is 77.3 Å². The smallest absolute Gasteiger partial charge is 0.321 e. The molecule has 3 aromatic rings. The summed E-state index contributed by atoms with van der Waals surface area (Å²) in [7, 11) is -8.61. The number of carbonyl (C=O) groups excluding carboxylic acids is 3. The SMILES string of the molecule is CS(=O)(=O)NS(=O)(=O)c1cccc(NC(=O)N[C@@H]2N=C(c3ccccc3F)c3ccccc3N(CC(=O)N3CC4CCC(CC4)C3)C2=O)c1. The molecule has 4 aliphatic rings. The molecule has 2 bridgehead atoms. The minimum absolute atomic E-state index is 0.0423. The first kappa shape index (κ1) is 34.2. The Bertz CT molecular complexity index is 2030. The molecule has 2 saturated heterocycles. The van der Waals surface area contributed by atoms with Crippen molar-refractivity contribution in [3.8, 4) is 0 Å². The molecule has 1 aliphatic carbocycles.